The average Bonchev–Trinajstić information content (AvgIpc) is 2.71. The predicted octanol–water partition coefficient (Wildman–Crippen LogP) is 4.92. The summed E-state index contributed by atoms with van der Waals surface area (Å²) in [5, 5.41) is 4.93. The Hall–Kier alpha value is -2.27. The molecule has 0 atom stereocenters. The molecule has 0 bridgehead atoms. The minimum Gasteiger partial charge on any atom is -0.490 e. The highest BCUT2D eigenvalue weighted by atomic mass is 127. The van der Waals surface area contributed by atoms with Crippen molar-refractivity contribution in [1.82, 2.24) is 9.66 Å². The normalized spacial score (nSPS) is 11.3. The van der Waals surface area contributed by atoms with Crippen LogP contribution < -0.4 is 15.0 Å². The van der Waals surface area contributed by atoms with Gasteiger partial charge in [-0.2, -0.15) is 9.78 Å². The van der Waals surface area contributed by atoms with Gasteiger partial charge < -0.3 is 9.47 Å². The van der Waals surface area contributed by atoms with Gasteiger partial charge in [0.25, 0.3) is 5.56 Å². The second-order valence-electron chi connectivity index (χ2n) is 6.66. The summed E-state index contributed by atoms with van der Waals surface area (Å²) >= 11 is 5.48. The molecule has 0 amide bonds. The highest BCUT2D eigenvalue weighted by Crippen LogP contribution is 2.34. The first-order valence-corrected chi connectivity index (χ1v) is 11.6. The smallest absolute Gasteiger partial charge is 0.308 e. The number of fused-ring (bicyclic) bond motifs is 1. The molecule has 0 N–H and O–H groups in total. The van der Waals surface area contributed by atoms with E-state index in [0.717, 1.165) is 10.9 Å². The topological polar surface area (TPSA) is 82.8 Å². The van der Waals surface area contributed by atoms with Gasteiger partial charge in [0.05, 0.1) is 27.3 Å². The third kappa shape index (κ3) is 5.51. The summed E-state index contributed by atoms with van der Waals surface area (Å²) in [4.78, 5) is 29.2. The summed E-state index contributed by atoms with van der Waals surface area (Å²) < 4.78 is 13.8. The second-order valence-corrected chi connectivity index (χ2v) is 8.74. The van der Waals surface area contributed by atoms with Gasteiger partial charge in [0, 0.05) is 17.8 Å². The minimum absolute atomic E-state index is 0.234. The van der Waals surface area contributed by atoms with Gasteiger partial charge in [-0.05, 0) is 71.8 Å². The van der Waals surface area contributed by atoms with Crippen LogP contribution in [0.5, 0.6) is 11.5 Å². The lowest BCUT2D eigenvalue weighted by Crippen LogP contribution is -2.22. The van der Waals surface area contributed by atoms with Crippen molar-refractivity contribution >= 4 is 61.6 Å². The van der Waals surface area contributed by atoms with Crippen LogP contribution in [0.3, 0.4) is 0 Å². The fourth-order valence-electron chi connectivity index (χ4n) is 2.99. The molecule has 0 radical (unpaired) electrons. The summed E-state index contributed by atoms with van der Waals surface area (Å²) in [6, 6.07) is 8.96. The van der Waals surface area contributed by atoms with Crippen LogP contribution in [-0.4, -0.2) is 28.5 Å². The molecule has 1 heterocycles. The van der Waals surface area contributed by atoms with E-state index in [1.165, 1.54) is 11.6 Å². The number of carbonyl (C=O) groups excluding carboxylic acids is 1. The maximum Gasteiger partial charge on any atom is 0.308 e. The van der Waals surface area contributed by atoms with Crippen molar-refractivity contribution in [3.05, 3.63) is 60.1 Å². The number of aryl methyl sites for hydroxylation is 1. The van der Waals surface area contributed by atoms with Gasteiger partial charge in [0.1, 0.15) is 5.82 Å². The zero-order valence-electron chi connectivity index (χ0n) is 17.3. The second kappa shape index (κ2) is 10.4. The van der Waals surface area contributed by atoms with Crippen molar-refractivity contribution < 1.29 is 14.3 Å². The molecule has 0 saturated heterocycles. The Kier molecular flexibility index (Phi) is 7.82. The molecule has 9 heteroatoms. The molecule has 2 aromatic carbocycles. The molecule has 0 unspecified atom stereocenters. The lowest BCUT2D eigenvalue weighted by molar-refractivity contribution is -0.132. The first-order chi connectivity index (χ1) is 14.8. The molecular formula is C22H21BrIN3O4. The number of esters is 1. The minimum atomic E-state index is -0.426. The van der Waals surface area contributed by atoms with E-state index in [2.05, 4.69) is 48.6 Å². The van der Waals surface area contributed by atoms with E-state index in [-0.39, 0.29) is 5.56 Å². The van der Waals surface area contributed by atoms with Gasteiger partial charge in [0.15, 0.2) is 11.5 Å². The van der Waals surface area contributed by atoms with Gasteiger partial charge >= 0.3 is 5.97 Å². The molecule has 7 nitrogen and oxygen atoms in total. The highest BCUT2D eigenvalue weighted by molar-refractivity contribution is 14.1. The number of aromatic nitrogens is 2. The molecule has 3 aromatic rings. The number of rotatable bonds is 7. The van der Waals surface area contributed by atoms with Crippen molar-refractivity contribution in [1.29, 1.82) is 0 Å². The fraction of sp³-hybridized carbons (Fsp3) is 0.273. The SMILES string of the molecule is CCCc1nc2ccc(Br)cc2c(=O)n1N=Cc1cc(I)c(OC(C)=O)c(OCC)c1. The van der Waals surface area contributed by atoms with Crippen LogP contribution >= 0.6 is 38.5 Å². The van der Waals surface area contributed by atoms with Gasteiger partial charge in [-0.3, -0.25) is 9.59 Å². The number of hydrogen-bond donors (Lipinski definition) is 0. The van der Waals surface area contributed by atoms with E-state index in [1.54, 1.807) is 24.4 Å². The predicted molar refractivity (Wildman–Crippen MR) is 132 cm³/mol. The Labute approximate surface area is 201 Å². The van der Waals surface area contributed by atoms with Crippen molar-refractivity contribution in [3.8, 4) is 11.5 Å². The van der Waals surface area contributed by atoms with Crippen LogP contribution in [0.15, 0.2) is 44.7 Å². The molecule has 1 aromatic heterocycles. The zero-order valence-corrected chi connectivity index (χ0v) is 21.1. The maximum atomic E-state index is 13.1. The number of benzene rings is 2. The molecule has 162 valence electrons. The third-order valence-electron chi connectivity index (χ3n) is 4.25. The van der Waals surface area contributed by atoms with Crippen LogP contribution in [0.2, 0.25) is 0 Å². The Morgan fingerprint density at radius 3 is 2.74 bits per heavy atom. The lowest BCUT2D eigenvalue weighted by Gasteiger charge is -2.12. The summed E-state index contributed by atoms with van der Waals surface area (Å²) in [7, 11) is 0. The van der Waals surface area contributed by atoms with Crippen LogP contribution in [0.1, 0.15) is 38.6 Å². The molecular weight excluding hydrogens is 577 g/mol. The lowest BCUT2D eigenvalue weighted by atomic mass is 10.2. The molecule has 0 spiro atoms. The van der Waals surface area contributed by atoms with Crippen molar-refractivity contribution in [2.75, 3.05) is 6.61 Å². The number of carbonyl (C=O) groups is 1. The van der Waals surface area contributed by atoms with Crippen LogP contribution in [0.25, 0.3) is 10.9 Å². The molecule has 3 rings (SSSR count). The monoisotopic (exact) mass is 597 g/mol. The number of hydrogen-bond acceptors (Lipinski definition) is 6. The summed E-state index contributed by atoms with van der Waals surface area (Å²) in [6.45, 7) is 5.62. The van der Waals surface area contributed by atoms with Crippen LogP contribution in [0, 0.1) is 3.57 Å². The summed E-state index contributed by atoms with van der Waals surface area (Å²) in [6.07, 6.45) is 3.02. The van der Waals surface area contributed by atoms with Gasteiger partial charge in [0.2, 0.25) is 0 Å². The first-order valence-electron chi connectivity index (χ1n) is 9.74. The third-order valence-corrected chi connectivity index (χ3v) is 5.54. The Morgan fingerprint density at radius 2 is 2.06 bits per heavy atom. The molecule has 0 aliphatic heterocycles. The highest BCUT2D eigenvalue weighted by Gasteiger charge is 2.14. The fourth-order valence-corrected chi connectivity index (χ4v) is 4.09. The summed E-state index contributed by atoms with van der Waals surface area (Å²) in [5.41, 5.74) is 1.11. The maximum absolute atomic E-state index is 13.1. The number of halogens is 2. The molecule has 0 saturated carbocycles. The van der Waals surface area contributed by atoms with Crippen molar-refractivity contribution in [3.63, 3.8) is 0 Å². The van der Waals surface area contributed by atoms with Crippen LogP contribution in [0.4, 0.5) is 0 Å². The van der Waals surface area contributed by atoms with E-state index < -0.39 is 5.97 Å². The quantitative estimate of drug-likeness (QED) is 0.167. The number of nitrogens with zero attached hydrogens (tertiary/aromatic N) is 3. The van der Waals surface area contributed by atoms with E-state index in [4.69, 9.17) is 9.47 Å². The zero-order chi connectivity index (χ0) is 22.5. The molecule has 0 aliphatic rings. The van der Waals surface area contributed by atoms with E-state index in [9.17, 15) is 9.59 Å². The van der Waals surface area contributed by atoms with Crippen molar-refractivity contribution in [2.45, 2.75) is 33.6 Å². The first kappa shape index (κ1) is 23.4. The van der Waals surface area contributed by atoms with E-state index in [1.807, 2.05) is 26.0 Å². The van der Waals surface area contributed by atoms with Crippen molar-refractivity contribution in [2.24, 2.45) is 5.10 Å². The average molecular weight is 598 g/mol. The van der Waals surface area contributed by atoms with Crippen LogP contribution in [-0.2, 0) is 11.2 Å². The van der Waals surface area contributed by atoms with E-state index >= 15 is 0 Å². The van der Waals surface area contributed by atoms with Gasteiger partial charge in [-0.15, -0.1) is 0 Å². The van der Waals surface area contributed by atoms with Gasteiger partial charge in [-0.25, -0.2) is 4.98 Å². The summed E-state index contributed by atoms with van der Waals surface area (Å²) in [5.74, 6) is 0.972. The number of ether oxygens (including phenoxy) is 2. The Morgan fingerprint density at radius 1 is 1.29 bits per heavy atom. The molecule has 0 fully saturated rings. The molecule has 0 aliphatic carbocycles. The molecule has 31 heavy (non-hydrogen) atoms. The van der Waals surface area contributed by atoms with Gasteiger partial charge in [-0.1, -0.05) is 22.9 Å². The van der Waals surface area contributed by atoms with E-state index in [0.29, 0.717) is 50.4 Å². The largest absolute Gasteiger partial charge is 0.490 e. The standard InChI is InChI=1S/C22H21BrIN3O4/c1-4-6-20-26-18-8-7-15(23)11-16(18)22(29)27(20)25-12-14-9-17(24)21(31-13(3)28)19(10-14)30-5-2/h7-12H,4-6H2,1-3H3. The Balaban J connectivity index is 2.10. The Bertz CT molecular complexity index is 1220.